The summed E-state index contributed by atoms with van der Waals surface area (Å²) in [6, 6.07) is 13.4. The molecular formula is C13H13NO2. The minimum atomic E-state index is -0.0152. The molecule has 0 radical (unpaired) electrons. The van der Waals surface area contributed by atoms with Gasteiger partial charge in [0.1, 0.15) is 0 Å². The normalized spacial score (nSPS) is 10.1. The van der Waals surface area contributed by atoms with E-state index >= 15 is 0 Å². The van der Waals surface area contributed by atoms with Gasteiger partial charge in [-0.05, 0) is 11.6 Å². The molecule has 0 atom stereocenters. The second kappa shape index (κ2) is 4.77. The Morgan fingerprint density at radius 2 is 1.94 bits per heavy atom. The van der Waals surface area contributed by atoms with Gasteiger partial charge < -0.3 is 9.84 Å². The summed E-state index contributed by atoms with van der Waals surface area (Å²) in [6.45, 7) is -0.0152. The Hall–Kier alpha value is -1.87. The number of hydrogen-bond acceptors (Lipinski definition) is 3. The minimum Gasteiger partial charge on any atom is -0.481 e. The van der Waals surface area contributed by atoms with Gasteiger partial charge in [-0.25, -0.2) is 4.98 Å². The van der Waals surface area contributed by atoms with Crippen molar-refractivity contribution in [2.45, 2.75) is 6.61 Å². The van der Waals surface area contributed by atoms with Gasteiger partial charge in [0.15, 0.2) is 0 Å². The number of nitrogens with zero attached hydrogens (tertiary/aromatic N) is 1. The molecule has 0 fully saturated rings. The first-order chi connectivity index (χ1) is 7.83. The van der Waals surface area contributed by atoms with E-state index in [1.54, 1.807) is 13.2 Å². The third kappa shape index (κ3) is 2.20. The predicted octanol–water partition coefficient (Wildman–Crippen LogP) is 2.25. The molecule has 0 saturated carbocycles. The molecule has 0 saturated heterocycles. The van der Waals surface area contributed by atoms with E-state index in [0.29, 0.717) is 5.88 Å². The molecule has 2 rings (SSSR count). The van der Waals surface area contributed by atoms with Crippen LogP contribution in [-0.4, -0.2) is 17.2 Å². The fraction of sp³-hybridized carbons (Fsp3) is 0.154. The highest BCUT2D eigenvalue weighted by atomic mass is 16.5. The predicted molar refractivity (Wildman–Crippen MR) is 62.1 cm³/mol. The number of aliphatic hydroxyl groups excluding tert-OH is 1. The Bertz CT molecular complexity index is 446. The van der Waals surface area contributed by atoms with Gasteiger partial charge in [0.2, 0.25) is 5.88 Å². The molecule has 0 unspecified atom stereocenters. The van der Waals surface area contributed by atoms with Gasteiger partial charge in [-0.15, -0.1) is 0 Å². The Morgan fingerprint density at radius 1 is 1.19 bits per heavy atom. The molecule has 1 aromatic heterocycles. The average Bonchev–Trinajstić information content (AvgIpc) is 2.39. The highest BCUT2D eigenvalue weighted by molar-refractivity contribution is 5.60. The summed E-state index contributed by atoms with van der Waals surface area (Å²) in [6.07, 6.45) is 0. The number of pyridine rings is 1. The topological polar surface area (TPSA) is 42.4 Å². The minimum absolute atomic E-state index is 0.0152. The number of methoxy groups -OCH3 is 1. The van der Waals surface area contributed by atoms with E-state index in [1.807, 2.05) is 36.4 Å². The smallest absolute Gasteiger partial charge is 0.213 e. The summed E-state index contributed by atoms with van der Waals surface area (Å²) in [5, 5.41) is 9.15. The molecule has 0 aliphatic heterocycles. The first-order valence-electron chi connectivity index (χ1n) is 5.04. The molecule has 82 valence electrons. The number of aromatic nitrogens is 1. The van der Waals surface area contributed by atoms with Crippen LogP contribution >= 0.6 is 0 Å². The maximum atomic E-state index is 9.15. The van der Waals surface area contributed by atoms with Crippen molar-refractivity contribution in [3.05, 3.63) is 48.0 Å². The molecular weight excluding hydrogens is 202 g/mol. The molecule has 0 aliphatic rings. The highest BCUT2D eigenvalue weighted by Crippen LogP contribution is 2.21. The zero-order valence-electron chi connectivity index (χ0n) is 9.05. The standard InChI is InChI=1S/C13H13NO2/c1-16-13-8-10(9-15)7-12(14-13)11-5-3-2-4-6-11/h2-8,15H,9H2,1H3. The molecule has 0 amide bonds. The van der Waals surface area contributed by atoms with Crippen molar-refractivity contribution in [1.82, 2.24) is 4.98 Å². The Balaban J connectivity index is 2.48. The number of rotatable bonds is 3. The summed E-state index contributed by atoms with van der Waals surface area (Å²) in [5.41, 5.74) is 2.62. The van der Waals surface area contributed by atoms with E-state index in [1.165, 1.54) is 0 Å². The summed E-state index contributed by atoms with van der Waals surface area (Å²) in [4.78, 5) is 4.34. The van der Waals surface area contributed by atoms with Crippen LogP contribution in [0.1, 0.15) is 5.56 Å². The lowest BCUT2D eigenvalue weighted by molar-refractivity contribution is 0.280. The number of aliphatic hydroxyl groups is 1. The second-order valence-electron chi connectivity index (χ2n) is 3.43. The Labute approximate surface area is 94.3 Å². The molecule has 1 aromatic carbocycles. The Kier molecular flexibility index (Phi) is 3.17. The van der Waals surface area contributed by atoms with E-state index in [-0.39, 0.29) is 6.61 Å². The van der Waals surface area contributed by atoms with Gasteiger partial charge >= 0.3 is 0 Å². The number of hydrogen-bond donors (Lipinski definition) is 1. The zero-order valence-corrected chi connectivity index (χ0v) is 9.05. The molecule has 0 spiro atoms. The van der Waals surface area contributed by atoms with Crippen molar-refractivity contribution in [3.63, 3.8) is 0 Å². The van der Waals surface area contributed by atoms with Crippen molar-refractivity contribution in [2.75, 3.05) is 7.11 Å². The molecule has 0 bridgehead atoms. The van der Waals surface area contributed by atoms with Crippen LogP contribution in [0.3, 0.4) is 0 Å². The van der Waals surface area contributed by atoms with E-state index in [9.17, 15) is 0 Å². The summed E-state index contributed by atoms with van der Waals surface area (Å²) in [5.74, 6) is 0.519. The average molecular weight is 215 g/mol. The maximum absolute atomic E-state index is 9.15. The lowest BCUT2D eigenvalue weighted by Crippen LogP contribution is -1.94. The van der Waals surface area contributed by atoms with Crippen LogP contribution in [-0.2, 0) is 6.61 Å². The van der Waals surface area contributed by atoms with Crippen molar-refractivity contribution in [2.24, 2.45) is 0 Å². The van der Waals surface area contributed by atoms with Crippen LogP contribution < -0.4 is 4.74 Å². The SMILES string of the molecule is COc1cc(CO)cc(-c2ccccc2)n1. The van der Waals surface area contributed by atoms with E-state index in [4.69, 9.17) is 9.84 Å². The van der Waals surface area contributed by atoms with Crippen LogP contribution in [0, 0.1) is 0 Å². The first kappa shape index (κ1) is 10.6. The molecule has 1 heterocycles. The summed E-state index contributed by atoms with van der Waals surface area (Å²) >= 11 is 0. The molecule has 16 heavy (non-hydrogen) atoms. The lowest BCUT2D eigenvalue weighted by Gasteiger charge is -2.06. The molecule has 3 heteroatoms. The third-order valence-electron chi connectivity index (χ3n) is 2.32. The van der Waals surface area contributed by atoms with E-state index in [2.05, 4.69) is 4.98 Å². The fourth-order valence-corrected chi connectivity index (χ4v) is 1.51. The van der Waals surface area contributed by atoms with Gasteiger partial charge in [0, 0.05) is 11.6 Å². The van der Waals surface area contributed by atoms with Gasteiger partial charge in [-0.2, -0.15) is 0 Å². The Morgan fingerprint density at radius 3 is 2.56 bits per heavy atom. The van der Waals surface area contributed by atoms with Gasteiger partial charge in [-0.3, -0.25) is 0 Å². The number of benzene rings is 1. The monoisotopic (exact) mass is 215 g/mol. The quantitative estimate of drug-likeness (QED) is 0.853. The number of ether oxygens (including phenoxy) is 1. The molecule has 1 N–H and O–H groups in total. The fourth-order valence-electron chi connectivity index (χ4n) is 1.51. The molecule has 2 aromatic rings. The summed E-state index contributed by atoms with van der Waals surface area (Å²) < 4.78 is 5.10. The molecule has 0 aliphatic carbocycles. The van der Waals surface area contributed by atoms with Crippen LogP contribution in [0.2, 0.25) is 0 Å². The van der Waals surface area contributed by atoms with Crippen LogP contribution in [0.15, 0.2) is 42.5 Å². The van der Waals surface area contributed by atoms with Crippen molar-refractivity contribution in [1.29, 1.82) is 0 Å². The second-order valence-corrected chi connectivity index (χ2v) is 3.43. The maximum Gasteiger partial charge on any atom is 0.213 e. The van der Waals surface area contributed by atoms with Crippen molar-refractivity contribution < 1.29 is 9.84 Å². The summed E-state index contributed by atoms with van der Waals surface area (Å²) in [7, 11) is 1.57. The van der Waals surface area contributed by atoms with Crippen molar-refractivity contribution in [3.8, 4) is 17.1 Å². The lowest BCUT2D eigenvalue weighted by atomic mass is 10.1. The van der Waals surface area contributed by atoms with Crippen LogP contribution in [0.25, 0.3) is 11.3 Å². The zero-order chi connectivity index (χ0) is 11.4. The highest BCUT2D eigenvalue weighted by Gasteiger charge is 2.04. The van der Waals surface area contributed by atoms with Crippen molar-refractivity contribution >= 4 is 0 Å². The van der Waals surface area contributed by atoms with Gasteiger partial charge in [-0.1, -0.05) is 30.3 Å². The van der Waals surface area contributed by atoms with Crippen LogP contribution in [0.5, 0.6) is 5.88 Å². The van der Waals surface area contributed by atoms with Gasteiger partial charge in [0.05, 0.1) is 19.4 Å². The van der Waals surface area contributed by atoms with E-state index < -0.39 is 0 Å². The first-order valence-corrected chi connectivity index (χ1v) is 5.04. The third-order valence-corrected chi connectivity index (χ3v) is 2.32. The largest absolute Gasteiger partial charge is 0.481 e. The molecule has 3 nitrogen and oxygen atoms in total. The van der Waals surface area contributed by atoms with Gasteiger partial charge in [0.25, 0.3) is 0 Å². The van der Waals surface area contributed by atoms with E-state index in [0.717, 1.165) is 16.8 Å². The van der Waals surface area contributed by atoms with Crippen LogP contribution in [0.4, 0.5) is 0 Å².